The molecule has 0 bridgehead atoms. The van der Waals surface area contributed by atoms with E-state index in [1.165, 1.54) is 12.8 Å². The summed E-state index contributed by atoms with van der Waals surface area (Å²) in [5.41, 5.74) is 0.765. The van der Waals surface area contributed by atoms with Crippen LogP contribution in [0.1, 0.15) is 32.6 Å². The van der Waals surface area contributed by atoms with Crippen molar-refractivity contribution >= 4 is 23.3 Å². The molecule has 0 radical (unpaired) electrons. The molecule has 0 aromatic heterocycles. The molecule has 1 fully saturated rings. The highest BCUT2D eigenvalue weighted by molar-refractivity contribution is 6.30. The lowest BCUT2D eigenvalue weighted by atomic mass is 9.87. The molecule has 2 rings (SSSR count). The van der Waals surface area contributed by atoms with Crippen LogP contribution in [0.3, 0.4) is 0 Å². The van der Waals surface area contributed by atoms with Crippen molar-refractivity contribution in [1.29, 1.82) is 0 Å². The fraction of sp³-hybridized carbons (Fsp3) is 0.500. The van der Waals surface area contributed by atoms with Gasteiger partial charge < -0.3 is 10.6 Å². The molecule has 0 heterocycles. The number of amides is 2. The second-order valence-corrected chi connectivity index (χ2v) is 5.50. The van der Waals surface area contributed by atoms with E-state index in [2.05, 4.69) is 17.6 Å². The van der Waals surface area contributed by atoms with Gasteiger partial charge in [-0.15, -0.1) is 0 Å². The highest BCUT2D eigenvalue weighted by Crippen LogP contribution is 2.23. The zero-order valence-electron chi connectivity index (χ0n) is 10.6. The van der Waals surface area contributed by atoms with E-state index in [4.69, 9.17) is 11.6 Å². The summed E-state index contributed by atoms with van der Waals surface area (Å²) >= 11 is 5.79. The monoisotopic (exact) mass is 266 g/mol. The Morgan fingerprint density at radius 2 is 1.78 bits per heavy atom. The van der Waals surface area contributed by atoms with Gasteiger partial charge >= 0.3 is 6.03 Å². The van der Waals surface area contributed by atoms with Gasteiger partial charge in [-0.1, -0.05) is 18.5 Å². The first-order valence-corrected chi connectivity index (χ1v) is 6.84. The quantitative estimate of drug-likeness (QED) is 0.833. The number of carbonyl (C=O) groups excluding carboxylic acids is 1. The van der Waals surface area contributed by atoms with E-state index in [1.54, 1.807) is 24.3 Å². The smallest absolute Gasteiger partial charge is 0.319 e. The second-order valence-electron chi connectivity index (χ2n) is 5.06. The number of hydrogen-bond donors (Lipinski definition) is 2. The van der Waals surface area contributed by atoms with Crippen molar-refractivity contribution in [2.75, 3.05) is 5.32 Å². The van der Waals surface area contributed by atoms with Gasteiger partial charge in [0.15, 0.2) is 0 Å². The molecule has 1 aromatic carbocycles. The third-order valence-corrected chi connectivity index (χ3v) is 3.71. The molecular weight excluding hydrogens is 248 g/mol. The summed E-state index contributed by atoms with van der Waals surface area (Å²) in [6, 6.07) is 7.31. The molecule has 1 saturated carbocycles. The summed E-state index contributed by atoms with van der Waals surface area (Å²) in [7, 11) is 0. The van der Waals surface area contributed by atoms with E-state index in [0.717, 1.165) is 24.4 Å². The van der Waals surface area contributed by atoms with Crippen molar-refractivity contribution in [3.05, 3.63) is 29.3 Å². The van der Waals surface area contributed by atoms with E-state index in [0.29, 0.717) is 11.1 Å². The van der Waals surface area contributed by atoms with E-state index >= 15 is 0 Å². The minimum absolute atomic E-state index is 0.128. The number of anilines is 1. The summed E-state index contributed by atoms with van der Waals surface area (Å²) in [4.78, 5) is 11.8. The van der Waals surface area contributed by atoms with Crippen LogP contribution >= 0.6 is 11.6 Å². The van der Waals surface area contributed by atoms with E-state index < -0.39 is 0 Å². The summed E-state index contributed by atoms with van der Waals surface area (Å²) in [5, 5.41) is 6.51. The molecule has 2 N–H and O–H groups in total. The Bertz CT molecular complexity index is 397. The fourth-order valence-electron chi connectivity index (χ4n) is 2.29. The highest BCUT2D eigenvalue weighted by Gasteiger charge is 2.19. The van der Waals surface area contributed by atoms with E-state index in [9.17, 15) is 4.79 Å². The van der Waals surface area contributed by atoms with Crippen molar-refractivity contribution in [2.45, 2.75) is 38.6 Å². The number of urea groups is 1. The first kappa shape index (κ1) is 13.2. The van der Waals surface area contributed by atoms with Crippen LogP contribution in [0.5, 0.6) is 0 Å². The lowest BCUT2D eigenvalue weighted by molar-refractivity contribution is 0.239. The standard InChI is InChI=1S/C14H19ClN2O/c1-10-2-6-12(7-3-10)16-14(18)17-13-8-4-11(15)5-9-13/h4-5,8-10,12H,2-3,6-7H2,1H3,(H2,16,17,18). The van der Waals surface area contributed by atoms with Gasteiger partial charge in [0.25, 0.3) is 0 Å². The van der Waals surface area contributed by atoms with Crippen molar-refractivity contribution in [3.8, 4) is 0 Å². The molecule has 0 saturated heterocycles. The molecule has 98 valence electrons. The summed E-state index contributed by atoms with van der Waals surface area (Å²) in [5.74, 6) is 0.794. The third kappa shape index (κ3) is 3.91. The summed E-state index contributed by atoms with van der Waals surface area (Å²) in [6.07, 6.45) is 4.56. The Hall–Kier alpha value is -1.22. The topological polar surface area (TPSA) is 41.1 Å². The maximum atomic E-state index is 11.8. The fourth-order valence-corrected chi connectivity index (χ4v) is 2.42. The van der Waals surface area contributed by atoms with Gasteiger partial charge in [0.1, 0.15) is 0 Å². The van der Waals surface area contributed by atoms with Crippen LogP contribution in [-0.4, -0.2) is 12.1 Å². The Morgan fingerprint density at radius 3 is 2.39 bits per heavy atom. The summed E-state index contributed by atoms with van der Waals surface area (Å²) in [6.45, 7) is 2.27. The molecule has 1 aliphatic carbocycles. The number of benzene rings is 1. The van der Waals surface area contributed by atoms with Crippen LogP contribution in [0.2, 0.25) is 5.02 Å². The first-order chi connectivity index (χ1) is 8.63. The number of rotatable bonds is 2. The average Bonchev–Trinajstić information content (AvgIpc) is 2.35. The van der Waals surface area contributed by atoms with Gasteiger partial charge in [0, 0.05) is 16.8 Å². The molecule has 0 unspecified atom stereocenters. The van der Waals surface area contributed by atoms with Crippen molar-refractivity contribution in [3.63, 3.8) is 0 Å². The number of hydrogen-bond acceptors (Lipinski definition) is 1. The first-order valence-electron chi connectivity index (χ1n) is 6.46. The van der Waals surface area contributed by atoms with Crippen LogP contribution in [0.4, 0.5) is 10.5 Å². The predicted octanol–water partition coefficient (Wildman–Crippen LogP) is 4.04. The minimum Gasteiger partial charge on any atom is -0.335 e. The van der Waals surface area contributed by atoms with Crippen molar-refractivity contribution in [1.82, 2.24) is 5.32 Å². The van der Waals surface area contributed by atoms with Gasteiger partial charge in [0.05, 0.1) is 0 Å². The lowest BCUT2D eigenvalue weighted by Crippen LogP contribution is -2.39. The van der Waals surface area contributed by atoms with Crippen molar-refractivity contribution < 1.29 is 4.79 Å². The molecule has 3 nitrogen and oxygen atoms in total. The number of halogens is 1. The number of carbonyl (C=O) groups is 1. The Labute approximate surface area is 113 Å². The Kier molecular flexibility index (Phi) is 4.48. The highest BCUT2D eigenvalue weighted by atomic mass is 35.5. The van der Waals surface area contributed by atoms with E-state index in [-0.39, 0.29) is 6.03 Å². The zero-order valence-corrected chi connectivity index (χ0v) is 11.3. The van der Waals surface area contributed by atoms with Crippen molar-refractivity contribution in [2.24, 2.45) is 5.92 Å². The Morgan fingerprint density at radius 1 is 1.17 bits per heavy atom. The molecule has 18 heavy (non-hydrogen) atoms. The maximum Gasteiger partial charge on any atom is 0.319 e. The van der Waals surface area contributed by atoms with Crippen LogP contribution in [0.15, 0.2) is 24.3 Å². The summed E-state index contributed by atoms with van der Waals surface area (Å²) < 4.78 is 0. The maximum absolute atomic E-state index is 11.8. The normalized spacial score (nSPS) is 23.4. The third-order valence-electron chi connectivity index (χ3n) is 3.45. The zero-order chi connectivity index (χ0) is 13.0. The minimum atomic E-state index is -0.128. The van der Waals surface area contributed by atoms with Gasteiger partial charge in [0.2, 0.25) is 0 Å². The number of nitrogens with one attached hydrogen (secondary N) is 2. The van der Waals surface area contributed by atoms with Gasteiger partial charge in [-0.2, -0.15) is 0 Å². The van der Waals surface area contributed by atoms with Gasteiger partial charge in [-0.05, 0) is 55.9 Å². The predicted molar refractivity (Wildman–Crippen MR) is 75.0 cm³/mol. The molecule has 2 amide bonds. The molecule has 0 aliphatic heterocycles. The van der Waals surface area contributed by atoms with Crippen LogP contribution < -0.4 is 10.6 Å². The molecule has 1 aromatic rings. The molecule has 0 atom stereocenters. The molecule has 1 aliphatic rings. The van der Waals surface area contributed by atoms with Gasteiger partial charge in [-0.3, -0.25) is 0 Å². The Balaban J connectivity index is 1.80. The second kappa shape index (κ2) is 6.10. The molecular formula is C14H19ClN2O. The van der Waals surface area contributed by atoms with Crippen LogP contribution in [0, 0.1) is 5.92 Å². The average molecular weight is 267 g/mol. The van der Waals surface area contributed by atoms with E-state index in [1.807, 2.05) is 0 Å². The lowest BCUT2D eigenvalue weighted by Gasteiger charge is -2.26. The largest absolute Gasteiger partial charge is 0.335 e. The van der Waals surface area contributed by atoms with Crippen LogP contribution in [0.25, 0.3) is 0 Å². The SMILES string of the molecule is CC1CCC(NC(=O)Nc2ccc(Cl)cc2)CC1. The van der Waals surface area contributed by atoms with Gasteiger partial charge in [-0.25, -0.2) is 4.79 Å². The molecule has 0 spiro atoms. The molecule has 4 heteroatoms. The van der Waals surface area contributed by atoms with Crippen LogP contribution in [-0.2, 0) is 0 Å².